The van der Waals surface area contributed by atoms with Crippen LogP contribution >= 0.6 is 0 Å². The van der Waals surface area contributed by atoms with E-state index in [9.17, 15) is 14.4 Å². The van der Waals surface area contributed by atoms with Gasteiger partial charge in [0.25, 0.3) is 0 Å². The summed E-state index contributed by atoms with van der Waals surface area (Å²) in [6, 6.07) is 0. The molecule has 0 saturated carbocycles. The molecule has 0 aliphatic carbocycles. The smallest absolute Gasteiger partial charge is 0.306 e. The van der Waals surface area contributed by atoms with Gasteiger partial charge >= 0.3 is 17.9 Å². The minimum atomic E-state index is -0.780. The molecule has 0 spiro atoms. The van der Waals surface area contributed by atoms with E-state index in [0.717, 1.165) is 116 Å². The number of unbranched alkanes of at least 4 members (excludes halogenated alkanes) is 32. The molecule has 0 aliphatic rings. The van der Waals surface area contributed by atoms with E-state index in [1.165, 1.54) is 167 Å². The third kappa shape index (κ3) is 64.9. The van der Waals surface area contributed by atoms with Crippen LogP contribution in [0.4, 0.5) is 0 Å². The first kappa shape index (κ1) is 76.1. The number of hydrogen-bond acceptors (Lipinski definition) is 6. The molecule has 0 aliphatic heterocycles. The van der Waals surface area contributed by atoms with E-state index in [1.54, 1.807) is 0 Å². The van der Waals surface area contributed by atoms with Crippen molar-refractivity contribution in [1.29, 1.82) is 0 Å². The minimum Gasteiger partial charge on any atom is -0.462 e. The highest BCUT2D eigenvalue weighted by Crippen LogP contribution is 2.17. The summed E-state index contributed by atoms with van der Waals surface area (Å²) in [6.07, 6.45) is 92.5. The fourth-order valence-corrected chi connectivity index (χ4v) is 9.52. The summed E-state index contributed by atoms with van der Waals surface area (Å²) in [4.78, 5) is 38.3. The monoisotopic (exact) mass is 1110 g/mol. The van der Waals surface area contributed by atoms with Crippen LogP contribution in [0.1, 0.15) is 323 Å². The lowest BCUT2D eigenvalue weighted by molar-refractivity contribution is -0.167. The zero-order valence-electron chi connectivity index (χ0n) is 52.6. The second-order valence-electron chi connectivity index (χ2n) is 22.3. The number of carbonyl (C=O) groups is 3. The van der Waals surface area contributed by atoms with Crippen LogP contribution in [-0.2, 0) is 28.6 Å². The van der Waals surface area contributed by atoms with Crippen molar-refractivity contribution in [3.8, 4) is 0 Å². The Morgan fingerprint density at radius 2 is 0.487 bits per heavy atom. The molecule has 0 fully saturated rings. The summed E-state index contributed by atoms with van der Waals surface area (Å²) in [5.41, 5.74) is 0. The summed E-state index contributed by atoms with van der Waals surface area (Å²) in [5, 5.41) is 0. The van der Waals surface area contributed by atoms with Crippen molar-refractivity contribution in [2.24, 2.45) is 0 Å². The Bertz CT molecular complexity index is 1610. The van der Waals surface area contributed by atoms with Crippen LogP contribution < -0.4 is 0 Å². The van der Waals surface area contributed by atoms with Gasteiger partial charge in [0.2, 0.25) is 0 Å². The van der Waals surface area contributed by atoms with Crippen LogP contribution in [0.15, 0.2) is 109 Å². The lowest BCUT2D eigenvalue weighted by Crippen LogP contribution is -2.30. The van der Waals surface area contributed by atoms with Gasteiger partial charge in [0.1, 0.15) is 13.2 Å². The quantitative estimate of drug-likeness (QED) is 0.0261. The fraction of sp³-hybridized carbons (Fsp3) is 0.716. The first-order chi connectivity index (χ1) is 39.5. The molecule has 1 atom stereocenters. The summed E-state index contributed by atoms with van der Waals surface area (Å²) in [7, 11) is 0. The molecule has 0 saturated heterocycles. The molecule has 6 nitrogen and oxygen atoms in total. The zero-order chi connectivity index (χ0) is 57.8. The van der Waals surface area contributed by atoms with Crippen molar-refractivity contribution in [3.05, 3.63) is 109 Å². The highest BCUT2D eigenvalue weighted by atomic mass is 16.6. The molecule has 458 valence electrons. The van der Waals surface area contributed by atoms with Gasteiger partial charge in [-0.15, -0.1) is 0 Å². The van der Waals surface area contributed by atoms with Crippen LogP contribution in [-0.4, -0.2) is 37.2 Å². The van der Waals surface area contributed by atoms with Gasteiger partial charge < -0.3 is 14.2 Å². The molecule has 0 amide bonds. The summed E-state index contributed by atoms with van der Waals surface area (Å²) < 4.78 is 16.9. The van der Waals surface area contributed by atoms with Gasteiger partial charge in [-0.3, -0.25) is 14.4 Å². The van der Waals surface area contributed by atoms with Crippen LogP contribution in [0.2, 0.25) is 0 Å². The average Bonchev–Trinajstić information content (AvgIpc) is 3.46. The van der Waals surface area contributed by atoms with Crippen molar-refractivity contribution >= 4 is 17.9 Å². The molecular formula is C74H126O6. The zero-order valence-corrected chi connectivity index (χ0v) is 52.6. The number of ether oxygens (including phenoxy) is 3. The number of rotatable bonds is 61. The summed E-state index contributed by atoms with van der Waals surface area (Å²) >= 11 is 0. The van der Waals surface area contributed by atoms with Gasteiger partial charge in [0, 0.05) is 19.3 Å². The maximum Gasteiger partial charge on any atom is 0.306 e. The van der Waals surface area contributed by atoms with Crippen molar-refractivity contribution in [3.63, 3.8) is 0 Å². The summed E-state index contributed by atoms with van der Waals surface area (Å²) in [6.45, 7) is 6.43. The Morgan fingerprint density at radius 1 is 0.263 bits per heavy atom. The molecule has 6 heteroatoms. The lowest BCUT2D eigenvalue weighted by atomic mass is 10.0. The Labute approximate surface area is 495 Å². The molecule has 0 aromatic heterocycles. The molecule has 0 bridgehead atoms. The van der Waals surface area contributed by atoms with Gasteiger partial charge in [-0.25, -0.2) is 0 Å². The van der Waals surface area contributed by atoms with E-state index < -0.39 is 6.10 Å². The maximum atomic E-state index is 12.9. The normalized spacial score (nSPS) is 12.8. The highest BCUT2D eigenvalue weighted by molar-refractivity contribution is 5.71. The van der Waals surface area contributed by atoms with Crippen molar-refractivity contribution in [1.82, 2.24) is 0 Å². The van der Waals surface area contributed by atoms with E-state index in [4.69, 9.17) is 14.2 Å². The topological polar surface area (TPSA) is 78.9 Å². The standard InChI is InChI=1S/C74H126O6/c1-4-7-10-13-16-19-22-24-26-28-30-32-34-35-36-37-38-39-41-42-44-46-48-50-52-55-58-61-64-67-73(76)79-70-71(69-78-72(75)66-63-60-57-54-21-18-15-12-9-6-3)80-74(77)68-65-62-59-56-53-51-49-47-45-43-40-33-31-29-27-25-23-20-17-14-11-8-5-2/h7-8,10-11,16-17,19-20,24-27,30-33,35-36,71H,4-6,9,12-15,18,21-23,28-29,34,37-70H2,1-3H3/b10-7-,11-8-,19-16-,20-17-,26-24-,27-25-,32-30-,33-31-,36-35-. The third-order valence-corrected chi connectivity index (χ3v) is 14.5. The second-order valence-corrected chi connectivity index (χ2v) is 22.3. The third-order valence-electron chi connectivity index (χ3n) is 14.5. The van der Waals surface area contributed by atoms with Crippen LogP contribution in [0, 0.1) is 0 Å². The number of esters is 3. The maximum absolute atomic E-state index is 12.9. The molecule has 0 aromatic rings. The van der Waals surface area contributed by atoms with E-state index in [-0.39, 0.29) is 31.1 Å². The number of carbonyl (C=O) groups excluding carboxylic acids is 3. The largest absolute Gasteiger partial charge is 0.462 e. The molecule has 0 rings (SSSR count). The van der Waals surface area contributed by atoms with E-state index in [2.05, 4.69) is 130 Å². The van der Waals surface area contributed by atoms with Gasteiger partial charge in [-0.05, 0) is 103 Å². The Balaban J connectivity index is 4.21. The first-order valence-corrected chi connectivity index (χ1v) is 33.9. The number of allylic oxidation sites excluding steroid dienone is 18. The molecule has 80 heavy (non-hydrogen) atoms. The van der Waals surface area contributed by atoms with Crippen LogP contribution in [0.5, 0.6) is 0 Å². The van der Waals surface area contributed by atoms with E-state index >= 15 is 0 Å². The van der Waals surface area contributed by atoms with Gasteiger partial charge in [0.15, 0.2) is 6.10 Å². The lowest BCUT2D eigenvalue weighted by Gasteiger charge is -2.18. The van der Waals surface area contributed by atoms with Crippen molar-refractivity contribution < 1.29 is 28.6 Å². The number of hydrogen-bond donors (Lipinski definition) is 0. The van der Waals surface area contributed by atoms with Gasteiger partial charge in [-0.1, -0.05) is 310 Å². The molecule has 0 N–H and O–H groups in total. The van der Waals surface area contributed by atoms with Gasteiger partial charge in [0.05, 0.1) is 0 Å². The molecular weight excluding hydrogens is 985 g/mol. The SMILES string of the molecule is CC/C=C\C/C=C\C/C=C\C/C=C\C/C=C\CCCCCCCCCCCCCCCC(=O)OCC(COC(=O)CCCCCCCCCCCC)OC(=O)CCCCCCCCCCCC/C=C\C/C=C\C/C=C\C/C=C\CC. The molecule has 0 aromatic carbocycles. The van der Waals surface area contributed by atoms with Crippen LogP contribution in [0.3, 0.4) is 0 Å². The average molecular weight is 1110 g/mol. The predicted molar refractivity (Wildman–Crippen MR) is 348 cm³/mol. The Hall–Kier alpha value is -3.93. The van der Waals surface area contributed by atoms with E-state index in [1.807, 2.05) is 0 Å². The van der Waals surface area contributed by atoms with Crippen molar-refractivity contribution in [2.75, 3.05) is 13.2 Å². The molecule has 0 heterocycles. The minimum absolute atomic E-state index is 0.0769. The fourth-order valence-electron chi connectivity index (χ4n) is 9.52. The van der Waals surface area contributed by atoms with Gasteiger partial charge in [-0.2, -0.15) is 0 Å². The van der Waals surface area contributed by atoms with E-state index in [0.29, 0.717) is 19.3 Å². The highest BCUT2D eigenvalue weighted by Gasteiger charge is 2.19. The Kier molecular flexibility index (Phi) is 64.3. The predicted octanol–water partition coefficient (Wildman–Crippen LogP) is 23.4. The first-order valence-electron chi connectivity index (χ1n) is 33.9. The van der Waals surface area contributed by atoms with Crippen LogP contribution in [0.25, 0.3) is 0 Å². The summed E-state index contributed by atoms with van der Waals surface area (Å²) in [5.74, 6) is -0.872. The molecule has 1 unspecified atom stereocenters. The Morgan fingerprint density at radius 3 is 0.762 bits per heavy atom. The second kappa shape index (κ2) is 67.6. The molecule has 0 radical (unpaired) electrons. The van der Waals surface area contributed by atoms with Crippen molar-refractivity contribution in [2.45, 2.75) is 329 Å².